The highest BCUT2D eigenvalue weighted by Crippen LogP contribution is 2.35. The van der Waals surface area contributed by atoms with E-state index >= 15 is 0 Å². The first kappa shape index (κ1) is 22.5. The van der Waals surface area contributed by atoms with Crippen LogP contribution in [-0.2, 0) is 9.53 Å². The number of carbonyl (C=O) groups excluding carboxylic acids is 1. The lowest BCUT2D eigenvalue weighted by Gasteiger charge is -2.25. The number of methoxy groups -OCH3 is 1. The molecule has 1 atom stereocenters. The second-order valence-corrected chi connectivity index (χ2v) is 8.35. The first-order valence-corrected chi connectivity index (χ1v) is 11.4. The van der Waals surface area contributed by atoms with E-state index in [0.717, 1.165) is 5.56 Å². The fourth-order valence-electron chi connectivity index (χ4n) is 3.80. The van der Waals surface area contributed by atoms with E-state index in [0.29, 0.717) is 31.9 Å². The van der Waals surface area contributed by atoms with Crippen LogP contribution in [0.3, 0.4) is 0 Å². The number of thiazole rings is 1. The zero-order valence-electron chi connectivity index (χ0n) is 18.6. The minimum Gasteiger partial charge on any atom is -0.496 e. The molecular formula is C26H24N2O4S. The molecule has 2 aromatic carbocycles. The van der Waals surface area contributed by atoms with Crippen molar-refractivity contribution in [2.75, 3.05) is 13.7 Å². The summed E-state index contributed by atoms with van der Waals surface area (Å²) >= 11 is 1.29. The van der Waals surface area contributed by atoms with Crippen molar-refractivity contribution < 1.29 is 14.3 Å². The molecule has 3 aromatic rings. The molecule has 4 rings (SSSR count). The summed E-state index contributed by atoms with van der Waals surface area (Å²) in [5, 5.41) is 0. The van der Waals surface area contributed by atoms with E-state index in [-0.39, 0.29) is 12.2 Å². The van der Waals surface area contributed by atoms with Crippen molar-refractivity contribution in [3.8, 4) is 5.75 Å². The van der Waals surface area contributed by atoms with E-state index in [1.807, 2.05) is 66.7 Å². The zero-order valence-corrected chi connectivity index (χ0v) is 19.5. The maximum Gasteiger partial charge on any atom is 0.338 e. The molecule has 33 heavy (non-hydrogen) atoms. The van der Waals surface area contributed by atoms with Gasteiger partial charge in [0.15, 0.2) is 4.80 Å². The van der Waals surface area contributed by atoms with Gasteiger partial charge in [0, 0.05) is 5.56 Å². The molecule has 0 amide bonds. The Bertz CT molecular complexity index is 1410. The van der Waals surface area contributed by atoms with Crippen molar-refractivity contribution in [2.45, 2.75) is 19.9 Å². The summed E-state index contributed by atoms with van der Waals surface area (Å²) in [6.07, 6.45) is 5.56. The molecule has 6 nitrogen and oxygen atoms in total. The average Bonchev–Trinajstić information content (AvgIpc) is 3.13. The smallest absolute Gasteiger partial charge is 0.338 e. The second kappa shape index (κ2) is 9.83. The normalized spacial score (nSPS) is 16.0. The van der Waals surface area contributed by atoms with Crippen LogP contribution in [0, 0.1) is 0 Å². The van der Waals surface area contributed by atoms with E-state index in [4.69, 9.17) is 9.47 Å². The Hall–Kier alpha value is -3.71. The molecular weight excluding hydrogens is 436 g/mol. The predicted octanol–water partition coefficient (Wildman–Crippen LogP) is 3.47. The standard InChI is InChI=1S/C26H24N2O4S/c1-4-32-25(30)22-17(2)27-26-28(23(22)19-14-8-9-15-20(19)31-3)24(29)21(33-26)16-10-13-18-11-6-5-7-12-18/h5-16,23H,4H2,1-3H3/b13-10+,21-16+. The van der Waals surface area contributed by atoms with Gasteiger partial charge in [-0.05, 0) is 31.6 Å². The molecule has 1 aromatic heterocycles. The van der Waals surface area contributed by atoms with Gasteiger partial charge in [-0.25, -0.2) is 9.79 Å². The number of hydrogen-bond donors (Lipinski definition) is 0. The maximum absolute atomic E-state index is 13.5. The highest BCUT2D eigenvalue weighted by molar-refractivity contribution is 7.07. The Kier molecular flexibility index (Phi) is 6.70. The number of ether oxygens (including phenoxy) is 2. The molecule has 0 bridgehead atoms. The zero-order chi connectivity index (χ0) is 23.4. The SMILES string of the molecule is CCOC(=O)C1=C(C)N=c2s/c(=C/C=C/c3ccccc3)c(=O)n2C1c1ccccc1OC. The summed E-state index contributed by atoms with van der Waals surface area (Å²) in [5.41, 5.74) is 2.37. The lowest BCUT2D eigenvalue weighted by molar-refractivity contribution is -0.139. The van der Waals surface area contributed by atoms with Gasteiger partial charge in [0.1, 0.15) is 11.8 Å². The van der Waals surface area contributed by atoms with Crippen LogP contribution in [0.1, 0.15) is 31.0 Å². The van der Waals surface area contributed by atoms with Crippen molar-refractivity contribution in [1.29, 1.82) is 0 Å². The molecule has 1 aliphatic rings. The fourth-order valence-corrected chi connectivity index (χ4v) is 4.80. The molecule has 1 aliphatic heterocycles. The van der Waals surface area contributed by atoms with E-state index in [9.17, 15) is 9.59 Å². The molecule has 7 heteroatoms. The molecule has 168 valence electrons. The fraction of sp³-hybridized carbons (Fsp3) is 0.192. The van der Waals surface area contributed by atoms with Gasteiger partial charge in [-0.1, -0.05) is 72.0 Å². The van der Waals surface area contributed by atoms with Crippen molar-refractivity contribution in [3.05, 3.63) is 103 Å². The number of allylic oxidation sites excluding steroid dienone is 2. The first-order chi connectivity index (χ1) is 16.0. The number of fused-ring (bicyclic) bond motifs is 1. The quantitative estimate of drug-likeness (QED) is 0.528. The van der Waals surface area contributed by atoms with Crippen molar-refractivity contribution in [3.63, 3.8) is 0 Å². The van der Waals surface area contributed by atoms with Crippen LogP contribution in [0.4, 0.5) is 0 Å². The third-order valence-corrected chi connectivity index (χ3v) is 6.29. The van der Waals surface area contributed by atoms with E-state index in [2.05, 4.69) is 4.99 Å². The van der Waals surface area contributed by atoms with Crippen LogP contribution >= 0.6 is 11.3 Å². The second-order valence-electron chi connectivity index (χ2n) is 7.34. The van der Waals surface area contributed by atoms with Crippen LogP contribution < -0.4 is 19.6 Å². The minimum absolute atomic E-state index is 0.221. The number of carbonyl (C=O) groups is 1. The van der Waals surface area contributed by atoms with Gasteiger partial charge in [-0.15, -0.1) is 0 Å². The van der Waals surface area contributed by atoms with Crippen LogP contribution in [0.25, 0.3) is 12.2 Å². The van der Waals surface area contributed by atoms with Crippen LogP contribution in [-0.4, -0.2) is 24.3 Å². The summed E-state index contributed by atoms with van der Waals surface area (Å²) in [6.45, 7) is 3.74. The summed E-state index contributed by atoms with van der Waals surface area (Å²) in [4.78, 5) is 31.6. The van der Waals surface area contributed by atoms with Gasteiger partial charge in [0.2, 0.25) is 0 Å². The van der Waals surface area contributed by atoms with Crippen LogP contribution in [0.15, 0.2) is 81.7 Å². The molecule has 0 saturated heterocycles. The van der Waals surface area contributed by atoms with Crippen molar-refractivity contribution >= 4 is 29.5 Å². The van der Waals surface area contributed by atoms with Crippen LogP contribution in [0.5, 0.6) is 5.75 Å². The Labute approximate surface area is 195 Å². The Balaban J connectivity index is 1.90. The summed E-state index contributed by atoms with van der Waals surface area (Å²) in [7, 11) is 1.57. The van der Waals surface area contributed by atoms with Gasteiger partial charge in [-0.3, -0.25) is 9.36 Å². The number of aromatic nitrogens is 1. The molecule has 0 fully saturated rings. The van der Waals surface area contributed by atoms with Crippen molar-refractivity contribution in [2.24, 2.45) is 4.99 Å². The van der Waals surface area contributed by atoms with E-state index in [1.165, 1.54) is 11.3 Å². The number of nitrogens with zero attached hydrogens (tertiary/aromatic N) is 2. The Morgan fingerprint density at radius 3 is 2.61 bits per heavy atom. The van der Waals surface area contributed by atoms with Gasteiger partial charge in [0.05, 0.1) is 29.5 Å². The highest BCUT2D eigenvalue weighted by atomic mass is 32.1. The minimum atomic E-state index is -0.697. The third-order valence-electron chi connectivity index (χ3n) is 5.29. The van der Waals surface area contributed by atoms with Gasteiger partial charge in [-0.2, -0.15) is 0 Å². The summed E-state index contributed by atoms with van der Waals surface area (Å²) in [5.74, 6) is 0.0884. The Morgan fingerprint density at radius 1 is 1.15 bits per heavy atom. The summed E-state index contributed by atoms with van der Waals surface area (Å²) < 4.78 is 13.0. The number of benzene rings is 2. The number of hydrogen-bond acceptors (Lipinski definition) is 6. The molecule has 1 unspecified atom stereocenters. The predicted molar refractivity (Wildman–Crippen MR) is 130 cm³/mol. The van der Waals surface area contributed by atoms with E-state index in [1.54, 1.807) is 31.6 Å². The molecule has 0 N–H and O–H groups in total. The van der Waals surface area contributed by atoms with Crippen LogP contribution in [0.2, 0.25) is 0 Å². The van der Waals surface area contributed by atoms with Crippen molar-refractivity contribution in [1.82, 2.24) is 4.57 Å². The topological polar surface area (TPSA) is 69.9 Å². The number of para-hydroxylation sites is 1. The number of rotatable bonds is 6. The lowest BCUT2D eigenvalue weighted by atomic mass is 9.95. The van der Waals surface area contributed by atoms with Gasteiger partial charge in [0.25, 0.3) is 5.56 Å². The maximum atomic E-state index is 13.5. The molecule has 0 radical (unpaired) electrons. The monoisotopic (exact) mass is 460 g/mol. The Morgan fingerprint density at radius 2 is 1.88 bits per heavy atom. The number of esters is 1. The lowest BCUT2D eigenvalue weighted by Crippen LogP contribution is -2.40. The van der Waals surface area contributed by atoms with Gasteiger partial charge < -0.3 is 9.47 Å². The molecule has 0 spiro atoms. The third kappa shape index (κ3) is 4.45. The molecule has 0 saturated carbocycles. The highest BCUT2D eigenvalue weighted by Gasteiger charge is 2.34. The molecule has 2 heterocycles. The summed E-state index contributed by atoms with van der Waals surface area (Å²) in [6, 6.07) is 16.5. The largest absolute Gasteiger partial charge is 0.496 e. The first-order valence-electron chi connectivity index (χ1n) is 10.6. The van der Waals surface area contributed by atoms with E-state index < -0.39 is 12.0 Å². The average molecular weight is 461 g/mol. The van der Waals surface area contributed by atoms with Gasteiger partial charge >= 0.3 is 5.97 Å². The molecule has 0 aliphatic carbocycles.